The number of urea groups is 2. The number of methoxy groups -OCH3 is 1. The first kappa shape index (κ1) is 30.9. The molecule has 222 valence electrons. The topological polar surface area (TPSA) is 199 Å². The number of carbonyl (C=O) groups is 4. The second kappa shape index (κ2) is 13.6. The number of hydrogen-bond acceptors (Lipinski definition) is 8. The van der Waals surface area contributed by atoms with Gasteiger partial charge >= 0.3 is 24.2 Å². The average Bonchev–Trinajstić information content (AvgIpc) is 2.92. The molecule has 14 heteroatoms. The first-order chi connectivity index (χ1) is 19.9. The monoisotopic (exact) mass is 580 g/mol. The third-order valence-corrected chi connectivity index (χ3v) is 5.89. The maximum atomic E-state index is 12.9. The van der Waals surface area contributed by atoms with E-state index in [1.807, 2.05) is 0 Å². The second-order valence-electron chi connectivity index (χ2n) is 8.97. The Bertz CT molecular complexity index is 1520. The number of rotatable bonds is 7. The van der Waals surface area contributed by atoms with Gasteiger partial charge in [0, 0.05) is 11.4 Å². The summed E-state index contributed by atoms with van der Waals surface area (Å²) in [4.78, 5) is 48.9. The third kappa shape index (κ3) is 7.94. The molecule has 0 saturated carbocycles. The molecular formula is C28H32N6O8. The van der Waals surface area contributed by atoms with Crippen LogP contribution in [0.2, 0.25) is 0 Å². The molecule has 3 aromatic carbocycles. The molecule has 0 aliphatic heterocycles. The number of anilines is 6. The van der Waals surface area contributed by atoms with Crippen molar-refractivity contribution in [3.05, 3.63) is 59.2 Å². The molecule has 0 aliphatic carbocycles. The van der Waals surface area contributed by atoms with E-state index in [2.05, 4.69) is 36.6 Å². The first-order valence-electron chi connectivity index (χ1n) is 12.6. The number of aryl methyl sites for hydroxylation is 2. The Morgan fingerprint density at radius 2 is 1.12 bits per heavy atom. The number of amides is 6. The Hall–Kier alpha value is -5.66. The number of ether oxygens (including phenoxy) is 2. The van der Waals surface area contributed by atoms with Gasteiger partial charge in [-0.1, -0.05) is 6.07 Å². The first-order valence-corrected chi connectivity index (χ1v) is 12.6. The summed E-state index contributed by atoms with van der Waals surface area (Å²) in [5.41, 5.74) is 3.37. The number of hydrogen-bond donors (Lipinski definition) is 8. The minimum atomic E-state index is -0.720. The lowest BCUT2D eigenvalue weighted by atomic mass is 10.0. The molecule has 0 saturated heterocycles. The van der Waals surface area contributed by atoms with Gasteiger partial charge in [-0.05, 0) is 80.8 Å². The van der Waals surface area contributed by atoms with Gasteiger partial charge in [0.1, 0.15) is 11.5 Å². The van der Waals surface area contributed by atoms with Gasteiger partial charge in [-0.3, -0.25) is 10.6 Å². The summed E-state index contributed by atoms with van der Waals surface area (Å²) in [6, 6.07) is 8.57. The van der Waals surface area contributed by atoms with Crippen LogP contribution in [-0.4, -0.2) is 48.2 Å². The predicted octanol–water partition coefficient (Wildman–Crippen LogP) is 6.06. The smallest absolute Gasteiger partial charge is 0.411 e. The molecule has 3 aromatic rings. The zero-order valence-electron chi connectivity index (χ0n) is 23.6. The van der Waals surface area contributed by atoms with E-state index in [1.54, 1.807) is 33.8 Å². The van der Waals surface area contributed by atoms with Gasteiger partial charge in [-0.2, -0.15) is 0 Å². The van der Waals surface area contributed by atoms with Crippen molar-refractivity contribution in [2.24, 2.45) is 0 Å². The molecule has 8 N–H and O–H groups in total. The van der Waals surface area contributed by atoms with Crippen LogP contribution in [0, 0.1) is 20.8 Å². The molecule has 0 aromatic heterocycles. The number of aromatic hydroxyl groups is 2. The highest BCUT2D eigenvalue weighted by atomic mass is 16.5. The van der Waals surface area contributed by atoms with Crippen LogP contribution in [0.5, 0.6) is 11.5 Å². The average molecular weight is 581 g/mol. The predicted molar refractivity (Wildman–Crippen MR) is 159 cm³/mol. The number of phenols is 2. The van der Waals surface area contributed by atoms with Gasteiger partial charge in [0.2, 0.25) is 0 Å². The maximum absolute atomic E-state index is 12.9. The van der Waals surface area contributed by atoms with Crippen LogP contribution in [-0.2, 0) is 9.47 Å². The minimum absolute atomic E-state index is 0.0287. The van der Waals surface area contributed by atoms with E-state index < -0.39 is 24.2 Å². The van der Waals surface area contributed by atoms with Gasteiger partial charge in [-0.15, -0.1) is 0 Å². The van der Waals surface area contributed by atoms with E-state index >= 15 is 0 Å². The number of phenolic OH excluding ortho intramolecular Hbond substituents is 2. The third-order valence-electron chi connectivity index (χ3n) is 5.89. The Balaban J connectivity index is 1.76. The van der Waals surface area contributed by atoms with Crippen LogP contribution < -0.4 is 31.9 Å². The number of carbonyl (C=O) groups excluding carboxylic acids is 4. The number of nitrogens with one attached hydrogen (secondary N) is 6. The van der Waals surface area contributed by atoms with E-state index in [0.717, 1.165) is 0 Å². The molecule has 14 nitrogen and oxygen atoms in total. The van der Waals surface area contributed by atoms with Crippen molar-refractivity contribution in [2.45, 2.75) is 27.7 Å². The molecule has 6 amide bonds. The van der Waals surface area contributed by atoms with E-state index in [9.17, 15) is 29.4 Å². The normalized spacial score (nSPS) is 10.2. The van der Waals surface area contributed by atoms with Crippen molar-refractivity contribution in [1.29, 1.82) is 0 Å². The quantitative estimate of drug-likeness (QED) is 0.122. The summed E-state index contributed by atoms with van der Waals surface area (Å²) in [6.07, 6.45) is -1.41. The van der Waals surface area contributed by atoms with Crippen LogP contribution in [0.1, 0.15) is 23.6 Å². The fourth-order valence-electron chi connectivity index (χ4n) is 3.99. The maximum Gasteiger partial charge on any atom is 0.411 e. The van der Waals surface area contributed by atoms with Crippen molar-refractivity contribution in [1.82, 2.24) is 0 Å². The highest BCUT2D eigenvalue weighted by Gasteiger charge is 2.18. The van der Waals surface area contributed by atoms with Crippen molar-refractivity contribution in [3.8, 4) is 11.5 Å². The largest absolute Gasteiger partial charge is 0.506 e. The summed E-state index contributed by atoms with van der Waals surface area (Å²) < 4.78 is 9.38. The van der Waals surface area contributed by atoms with Crippen molar-refractivity contribution in [3.63, 3.8) is 0 Å². The Morgan fingerprint density at radius 1 is 0.667 bits per heavy atom. The van der Waals surface area contributed by atoms with Crippen LogP contribution in [0.3, 0.4) is 0 Å². The number of benzene rings is 3. The summed E-state index contributed by atoms with van der Waals surface area (Å²) in [7, 11) is 1.20. The fraction of sp³-hybridized carbons (Fsp3) is 0.214. The Morgan fingerprint density at radius 3 is 1.55 bits per heavy atom. The van der Waals surface area contributed by atoms with Crippen LogP contribution >= 0.6 is 0 Å². The van der Waals surface area contributed by atoms with Crippen LogP contribution in [0.15, 0.2) is 42.5 Å². The van der Waals surface area contributed by atoms with E-state index in [1.165, 1.54) is 43.5 Å². The van der Waals surface area contributed by atoms with Crippen LogP contribution in [0.4, 0.5) is 53.3 Å². The van der Waals surface area contributed by atoms with E-state index in [0.29, 0.717) is 33.8 Å². The van der Waals surface area contributed by atoms with Gasteiger partial charge < -0.3 is 41.0 Å². The SMILES string of the molecule is CCOC(=O)Nc1ccc(O)c(NC(=O)Nc2c(C)cc(C)c(NC(=O)Nc3cc(NC(=O)OC)ccc3O)c2C)c1. The molecule has 0 radical (unpaired) electrons. The molecule has 42 heavy (non-hydrogen) atoms. The molecule has 0 bridgehead atoms. The van der Waals surface area contributed by atoms with Gasteiger partial charge in [0.15, 0.2) is 0 Å². The molecule has 0 atom stereocenters. The highest BCUT2D eigenvalue weighted by Crippen LogP contribution is 2.33. The second-order valence-corrected chi connectivity index (χ2v) is 8.97. The summed E-state index contributed by atoms with van der Waals surface area (Å²) in [5, 5.41) is 35.8. The molecule has 0 heterocycles. The van der Waals surface area contributed by atoms with E-state index in [-0.39, 0.29) is 35.2 Å². The zero-order valence-corrected chi connectivity index (χ0v) is 23.6. The fourth-order valence-corrected chi connectivity index (χ4v) is 3.99. The van der Waals surface area contributed by atoms with Crippen LogP contribution in [0.25, 0.3) is 0 Å². The van der Waals surface area contributed by atoms with Gasteiger partial charge in [0.05, 0.1) is 36.5 Å². The molecule has 3 rings (SSSR count). The Labute approximate surface area is 241 Å². The lowest BCUT2D eigenvalue weighted by Crippen LogP contribution is -2.23. The summed E-state index contributed by atoms with van der Waals surface area (Å²) in [5.74, 6) is -0.466. The summed E-state index contributed by atoms with van der Waals surface area (Å²) in [6.45, 7) is 7.09. The lowest BCUT2D eigenvalue weighted by Gasteiger charge is -2.19. The minimum Gasteiger partial charge on any atom is -0.506 e. The van der Waals surface area contributed by atoms with Gasteiger partial charge in [0.25, 0.3) is 0 Å². The molecular weight excluding hydrogens is 548 g/mol. The molecule has 0 fully saturated rings. The molecule has 0 spiro atoms. The zero-order chi connectivity index (χ0) is 31.0. The standard InChI is InChI=1S/C28H32N6O8/c1-6-42-28(40)30-18-8-10-22(36)20(13-18)32-26(38)34-24-15(3)11-14(2)23(16(24)4)33-25(37)31-19-12-17(7-9-21(19)35)29-27(39)41-5/h7-13,35-36H,6H2,1-5H3,(H,29,39)(H,30,40)(H2,31,33,37)(H2,32,34,38). The van der Waals surface area contributed by atoms with Crippen molar-refractivity contribution in [2.75, 3.05) is 45.6 Å². The highest BCUT2D eigenvalue weighted by molar-refractivity contribution is 6.05. The molecule has 0 aliphatic rings. The Kier molecular flexibility index (Phi) is 10.0. The van der Waals surface area contributed by atoms with Gasteiger partial charge in [-0.25, -0.2) is 19.2 Å². The van der Waals surface area contributed by atoms with Crippen molar-refractivity contribution >= 4 is 58.4 Å². The molecule has 0 unspecified atom stereocenters. The van der Waals surface area contributed by atoms with E-state index in [4.69, 9.17) is 4.74 Å². The van der Waals surface area contributed by atoms with Crippen molar-refractivity contribution < 1.29 is 38.9 Å². The lowest BCUT2D eigenvalue weighted by molar-refractivity contribution is 0.168. The summed E-state index contributed by atoms with van der Waals surface area (Å²) >= 11 is 0.